The van der Waals surface area contributed by atoms with Crippen LogP contribution in [0.5, 0.6) is 0 Å². The van der Waals surface area contributed by atoms with E-state index in [1.807, 2.05) is 20.1 Å². The van der Waals surface area contributed by atoms with E-state index in [1.54, 1.807) is 4.52 Å². The molecule has 0 fully saturated rings. The number of pyridine rings is 1. The predicted molar refractivity (Wildman–Crippen MR) is 110 cm³/mol. The van der Waals surface area contributed by atoms with Crippen LogP contribution in [0, 0.1) is 13.8 Å². The van der Waals surface area contributed by atoms with E-state index in [0.29, 0.717) is 17.4 Å². The summed E-state index contributed by atoms with van der Waals surface area (Å²) in [5, 5.41) is 15.4. The van der Waals surface area contributed by atoms with Gasteiger partial charge >= 0.3 is 6.18 Å². The SMILES string of the molecule is CSc1nc2nc(C)c(CCC(=O)NCc3nnc4ccc(C(F)(F)F)cn34)c(C)n2n1. The minimum absolute atomic E-state index is 0.0449. The van der Waals surface area contributed by atoms with Crippen molar-refractivity contribution in [2.75, 3.05) is 6.26 Å². The molecular formula is C19H19F3N8OS. The molecule has 1 N–H and O–H groups in total. The Morgan fingerprint density at radius 3 is 2.69 bits per heavy atom. The van der Waals surface area contributed by atoms with Crippen LogP contribution < -0.4 is 5.32 Å². The fraction of sp³-hybridized carbons (Fsp3) is 0.368. The largest absolute Gasteiger partial charge is 0.417 e. The zero-order chi connectivity index (χ0) is 23.0. The highest BCUT2D eigenvalue weighted by atomic mass is 32.2. The van der Waals surface area contributed by atoms with Crippen LogP contribution in [0.25, 0.3) is 11.4 Å². The lowest BCUT2D eigenvalue weighted by molar-refractivity contribution is -0.137. The van der Waals surface area contributed by atoms with Crippen molar-refractivity contribution in [2.45, 2.75) is 44.6 Å². The van der Waals surface area contributed by atoms with E-state index in [4.69, 9.17) is 0 Å². The summed E-state index contributed by atoms with van der Waals surface area (Å²) in [5.74, 6) is 0.451. The van der Waals surface area contributed by atoms with Crippen LogP contribution in [-0.4, -0.2) is 46.3 Å². The minimum atomic E-state index is -4.48. The molecule has 0 aromatic carbocycles. The molecule has 0 aliphatic heterocycles. The predicted octanol–water partition coefficient (Wildman–Crippen LogP) is 2.77. The molecule has 0 saturated heterocycles. The highest BCUT2D eigenvalue weighted by molar-refractivity contribution is 7.98. The Morgan fingerprint density at radius 1 is 1.19 bits per heavy atom. The van der Waals surface area contributed by atoms with Crippen molar-refractivity contribution in [3.63, 3.8) is 0 Å². The maximum absolute atomic E-state index is 13.0. The number of carbonyl (C=O) groups is 1. The fourth-order valence-electron chi connectivity index (χ4n) is 3.37. The van der Waals surface area contributed by atoms with Crippen LogP contribution in [0.1, 0.15) is 34.8 Å². The van der Waals surface area contributed by atoms with E-state index >= 15 is 0 Å². The van der Waals surface area contributed by atoms with Crippen LogP contribution >= 0.6 is 11.8 Å². The van der Waals surface area contributed by atoms with Gasteiger partial charge in [0.25, 0.3) is 5.78 Å². The molecule has 0 radical (unpaired) electrons. The van der Waals surface area contributed by atoms with Gasteiger partial charge in [-0.3, -0.25) is 9.20 Å². The number of amides is 1. The summed E-state index contributed by atoms with van der Waals surface area (Å²) in [6, 6.07) is 2.18. The zero-order valence-electron chi connectivity index (χ0n) is 17.4. The average Bonchev–Trinajstić information content (AvgIpc) is 3.34. The highest BCUT2D eigenvalue weighted by Crippen LogP contribution is 2.29. The third-order valence-corrected chi connectivity index (χ3v) is 5.60. The summed E-state index contributed by atoms with van der Waals surface area (Å²) >= 11 is 1.42. The monoisotopic (exact) mass is 464 g/mol. The maximum atomic E-state index is 13.0. The van der Waals surface area contributed by atoms with Gasteiger partial charge in [-0.1, -0.05) is 11.8 Å². The Labute approximate surface area is 184 Å². The third kappa shape index (κ3) is 4.24. The van der Waals surface area contributed by atoms with Crippen molar-refractivity contribution in [3.05, 3.63) is 46.7 Å². The van der Waals surface area contributed by atoms with Gasteiger partial charge in [0, 0.05) is 24.0 Å². The third-order valence-electron chi connectivity index (χ3n) is 5.06. The summed E-state index contributed by atoms with van der Waals surface area (Å²) < 4.78 is 41.8. The van der Waals surface area contributed by atoms with E-state index in [2.05, 4.69) is 30.6 Å². The molecule has 0 unspecified atom stereocenters. The number of nitrogens with zero attached hydrogens (tertiary/aromatic N) is 7. The number of halogens is 3. The fourth-order valence-corrected chi connectivity index (χ4v) is 3.71. The highest BCUT2D eigenvalue weighted by Gasteiger charge is 2.31. The second-order valence-corrected chi connectivity index (χ2v) is 7.88. The molecule has 32 heavy (non-hydrogen) atoms. The van der Waals surface area contributed by atoms with Gasteiger partial charge in [-0.25, -0.2) is 9.50 Å². The molecule has 0 atom stereocenters. The Kier molecular flexibility index (Phi) is 5.75. The molecule has 1 amide bonds. The molecule has 4 aromatic heterocycles. The number of alkyl halides is 3. The van der Waals surface area contributed by atoms with Gasteiger partial charge in [0.05, 0.1) is 12.1 Å². The molecule has 4 heterocycles. The first-order valence-electron chi connectivity index (χ1n) is 9.61. The summed E-state index contributed by atoms with van der Waals surface area (Å²) in [7, 11) is 0. The molecule has 4 rings (SSSR count). The quantitative estimate of drug-likeness (QED) is 0.438. The molecule has 0 aliphatic carbocycles. The Morgan fingerprint density at radius 2 is 1.97 bits per heavy atom. The number of nitrogens with one attached hydrogen (secondary N) is 1. The number of carbonyl (C=O) groups excluding carboxylic acids is 1. The smallest absolute Gasteiger partial charge is 0.349 e. The van der Waals surface area contributed by atoms with Gasteiger partial charge in [-0.2, -0.15) is 18.2 Å². The second-order valence-electron chi connectivity index (χ2n) is 7.11. The van der Waals surface area contributed by atoms with Gasteiger partial charge < -0.3 is 5.32 Å². The van der Waals surface area contributed by atoms with Crippen molar-refractivity contribution in [2.24, 2.45) is 0 Å². The minimum Gasteiger partial charge on any atom is -0.349 e. The normalized spacial score (nSPS) is 12.1. The lowest BCUT2D eigenvalue weighted by Gasteiger charge is -2.10. The van der Waals surface area contributed by atoms with Crippen molar-refractivity contribution in [1.82, 2.24) is 39.5 Å². The van der Waals surface area contributed by atoms with Crippen molar-refractivity contribution < 1.29 is 18.0 Å². The zero-order valence-corrected chi connectivity index (χ0v) is 18.3. The summed E-state index contributed by atoms with van der Waals surface area (Å²) in [5.41, 5.74) is 1.98. The Bertz CT molecular complexity index is 1310. The number of hydrogen-bond acceptors (Lipinski definition) is 7. The molecule has 13 heteroatoms. The number of rotatable bonds is 6. The van der Waals surface area contributed by atoms with E-state index in [0.717, 1.165) is 29.2 Å². The van der Waals surface area contributed by atoms with E-state index < -0.39 is 11.7 Å². The molecule has 168 valence electrons. The van der Waals surface area contributed by atoms with Crippen LogP contribution in [0.15, 0.2) is 23.5 Å². The second kappa shape index (κ2) is 8.37. The number of hydrogen-bond donors (Lipinski definition) is 1. The average molecular weight is 464 g/mol. The lowest BCUT2D eigenvalue weighted by atomic mass is 10.1. The lowest BCUT2D eigenvalue weighted by Crippen LogP contribution is -2.24. The number of aryl methyl sites for hydroxylation is 2. The molecule has 0 spiro atoms. The van der Waals surface area contributed by atoms with Crippen LogP contribution in [-0.2, 0) is 23.9 Å². The van der Waals surface area contributed by atoms with Crippen molar-refractivity contribution >= 4 is 29.1 Å². The van der Waals surface area contributed by atoms with Gasteiger partial charge in [-0.15, -0.1) is 15.3 Å². The van der Waals surface area contributed by atoms with Gasteiger partial charge in [-0.05, 0) is 44.2 Å². The maximum Gasteiger partial charge on any atom is 0.417 e. The number of thioether (sulfide) groups is 1. The Hall–Kier alpha value is -3.22. The Balaban J connectivity index is 1.44. The molecule has 0 aliphatic rings. The van der Waals surface area contributed by atoms with Gasteiger partial charge in [0.2, 0.25) is 11.1 Å². The van der Waals surface area contributed by atoms with E-state index in [-0.39, 0.29) is 30.3 Å². The number of aromatic nitrogens is 7. The summed E-state index contributed by atoms with van der Waals surface area (Å²) in [4.78, 5) is 21.2. The molecule has 0 bridgehead atoms. The topological polar surface area (TPSA) is 102 Å². The van der Waals surface area contributed by atoms with Crippen molar-refractivity contribution in [3.8, 4) is 0 Å². The van der Waals surface area contributed by atoms with Crippen LogP contribution in [0.4, 0.5) is 13.2 Å². The van der Waals surface area contributed by atoms with Gasteiger partial charge in [0.15, 0.2) is 11.5 Å². The summed E-state index contributed by atoms with van der Waals surface area (Å²) in [6.45, 7) is 3.71. The van der Waals surface area contributed by atoms with Crippen LogP contribution in [0.3, 0.4) is 0 Å². The first-order valence-corrected chi connectivity index (χ1v) is 10.8. The molecular weight excluding hydrogens is 445 g/mol. The van der Waals surface area contributed by atoms with Crippen LogP contribution in [0.2, 0.25) is 0 Å². The molecule has 9 nitrogen and oxygen atoms in total. The van der Waals surface area contributed by atoms with E-state index in [9.17, 15) is 18.0 Å². The summed E-state index contributed by atoms with van der Waals surface area (Å²) in [6.07, 6.45) is -1.08. The molecule has 4 aromatic rings. The molecule has 0 saturated carbocycles. The number of fused-ring (bicyclic) bond motifs is 2. The van der Waals surface area contributed by atoms with E-state index in [1.165, 1.54) is 22.2 Å². The standard InChI is InChI=1S/C19H19F3N8OS/c1-10-13(11(2)30-17(24-10)25-18(28-30)32-3)5-7-16(31)23-8-15-27-26-14-6-4-12(9-29(14)15)19(20,21)22/h4,6,9H,5,7-8H2,1-3H3,(H,23,31). The first-order chi connectivity index (χ1) is 15.2. The van der Waals surface area contributed by atoms with Crippen molar-refractivity contribution in [1.29, 1.82) is 0 Å². The van der Waals surface area contributed by atoms with Gasteiger partial charge in [0.1, 0.15) is 0 Å². The first kappa shape index (κ1) is 22.0.